The lowest BCUT2D eigenvalue weighted by atomic mass is 9.85. The van der Waals surface area contributed by atoms with Crippen LogP contribution >= 0.6 is 0 Å². The van der Waals surface area contributed by atoms with Gasteiger partial charge in [0.25, 0.3) is 0 Å². The molecule has 1 aromatic heterocycles. The summed E-state index contributed by atoms with van der Waals surface area (Å²) in [5.41, 5.74) is -0.561. The number of rotatable bonds is 6. The molecular formula is C13H17NO4. The van der Waals surface area contributed by atoms with Crippen molar-refractivity contribution in [2.45, 2.75) is 13.3 Å². The Kier molecular flexibility index (Phi) is 4.31. The van der Waals surface area contributed by atoms with Crippen LogP contribution in [0.2, 0.25) is 0 Å². The number of nitrogens with zero attached hydrogens (tertiary/aromatic N) is 1. The highest BCUT2D eigenvalue weighted by Gasteiger charge is 2.32. The third kappa shape index (κ3) is 2.61. The third-order valence-electron chi connectivity index (χ3n) is 2.84. The summed E-state index contributed by atoms with van der Waals surface area (Å²) in [6.45, 7) is 5.15. The summed E-state index contributed by atoms with van der Waals surface area (Å²) in [4.78, 5) is 15.4. The molecule has 0 aliphatic carbocycles. The molecule has 0 amide bonds. The normalized spacial score (nSPS) is 13.5. The van der Waals surface area contributed by atoms with Gasteiger partial charge in [-0.25, -0.2) is 0 Å². The van der Waals surface area contributed by atoms with E-state index in [9.17, 15) is 9.90 Å². The van der Waals surface area contributed by atoms with Gasteiger partial charge in [0, 0.05) is 18.7 Å². The second-order valence-corrected chi connectivity index (χ2v) is 4.10. The number of carbonyl (C=O) groups is 1. The Morgan fingerprint density at radius 1 is 1.56 bits per heavy atom. The van der Waals surface area contributed by atoms with Gasteiger partial charge in [-0.15, -0.1) is 6.58 Å². The number of aliphatic carboxylic acids is 1. The highest BCUT2D eigenvalue weighted by molar-refractivity contribution is 5.77. The summed E-state index contributed by atoms with van der Waals surface area (Å²) in [6, 6.07) is 1.66. The van der Waals surface area contributed by atoms with Crippen molar-refractivity contribution < 1.29 is 19.4 Å². The van der Waals surface area contributed by atoms with Crippen LogP contribution in [0, 0.1) is 5.41 Å². The Balaban J connectivity index is 3.18. The average molecular weight is 251 g/mol. The van der Waals surface area contributed by atoms with Gasteiger partial charge in [-0.3, -0.25) is 9.78 Å². The minimum atomic E-state index is -1.09. The number of carboxylic acids is 1. The van der Waals surface area contributed by atoms with Crippen LogP contribution in [0.1, 0.15) is 12.6 Å². The molecule has 0 bridgehead atoms. The Hall–Kier alpha value is -2.04. The van der Waals surface area contributed by atoms with E-state index in [1.54, 1.807) is 19.2 Å². The summed E-state index contributed by atoms with van der Waals surface area (Å²) >= 11 is 0. The molecule has 1 unspecified atom stereocenters. The zero-order chi connectivity index (χ0) is 13.8. The van der Waals surface area contributed by atoms with Crippen LogP contribution in [0.25, 0.3) is 0 Å². The largest absolute Gasteiger partial charge is 0.493 e. The quantitative estimate of drug-likeness (QED) is 0.782. The maximum absolute atomic E-state index is 11.2. The first-order valence-electron chi connectivity index (χ1n) is 5.41. The molecule has 0 fully saturated rings. The van der Waals surface area contributed by atoms with Gasteiger partial charge in [0.15, 0.2) is 11.5 Å². The Bertz CT molecular complexity index is 458. The van der Waals surface area contributed by atoms with Crippen molar-refractivity contribution in [1.29, 1.82) is 0 Å². The summed E-state index contributed by atoms with van der Waals surface area (Å²) < 4.78 is 10.4. The fraction of sp³-hybridized carbons (Fsp3) is 0.385. The van der Waals surface area contributed by atoms with Crippen LogP contribution < -0.4 is 9.47 Å². The zero-order valence-corrected chi connectivity index (χ0v) is 10.8. The van der Waals surface area contributed by atoms with Crippen molar-refractivity contribution in [2.24, 2.45) is 5.41 Å². The molecule has 18 heavy (non-hydrogen) atoms. The Labute approximate surface area is 106 Å². The summed E-state index contributed by atoms with van der Waals surface area (Å²) in [7, 11) is 3.01. The molecule has 0 aromatic carbocycles. The number of hydrogen-bond donors (Lipinski definition) is 1. The van der Waals surface area contributed by atoms with Crippen molar-refractivity contribution >= 4 is 5.97 Å². The van der Waals surface area contributed by atoms with Crippen LogP contribution in [0.4, 0.5) is 0 Å². The molecule has 1 aromatic rings. The molecule has 0 radical (unpaired) electrons. The first-order chi connectivity index (χ1) is 8.48. The minimum Gasteiger partial charge on any atom is -0.493 e. The van der Waals surface area contributed by atoms with Crippen molar-refractivity contribution in [3.8, 4) is 11.5 Å². The molecule has 5 nitrogen and oxygen atoms in total. The summed E-state index contributed by atoms with van der Waals surface area (Å²) in [5, 5.41) is 9.21. The van der Waals surface area contributed by atoms with E-state index in [-0.39, 0.29) is 6.42 Å². The minimum absolute atomic E-state index is 0.187. The highest BCUT2D eigenvalue weighted by atomic mass is 16.5. The number of pyridine rings is 1. The van der Waals surface area contributed by atoms with E-state index in [1.165, 1.54) is 20.3 Å². The first-order valence-corrected chi connectivity index (χ1v) is 5.41. The van der Waals surface area contributed by atoms with Gasteiger partial charge >= 0.3 is 5.97 Å². The summed E-state index contributed by atoms with van der Waals surface area (Å²) in [5.74, 6) is 0.0257. The fourth-order valence-electron chi connectivity index (χ4n) is 1.56. The lowest BCUT2D eigenvalue weighted by Gasteiger charge is -2.21. The van der Waals surface area contributed by atoms with E-state index in [0.717, 1.165) is 0 Å². The lowest BCUT2D eigenvalue weighted by Crippen LogP contribution is -2.28. The predicted molar refractivity (Wildman–Crippen MR) is 67.0 cm³/mol. The van der Waals surface area contributed by atoms with Crippen molar-refractivity contribution in [2.75, 3.05) is 14.2 Å². The van der Waals surface area contributed by atoms with E-state index in [1.807, 2.05) is 0 Å². The van der Waals surface area contributed by atoms with Gasteiger partial charge in [-0.2, -0.15) is 0 Å². The number of hydrogen-bond acceptors (Lipinski definition) is 4. The zero-order valence-electron chi connectivity index (χ0n) is 10.8. The standard InChI is InChI=1S/C13H17NO4/c1-5-13(2,12(15)16)8-9-11(18-4)10(17-3)6-7-14-9/h5-7H,1,8H2,2-4H3,(H,15,16). The molecule has 0 saturated carbocycles. The number of aromatic nitrogens is 1. The molecule has 1 N–H and O–H groups in total. The van der Waals surface area contributed by atoms with Crippen LogP contribution in [0.3, 0.4) is 0 Å². The smallest absolute Gasteiger partial charge is 0.313 e. The lowest BCUT2D eigenvalue weighted by molar-refractivity contribution is -0.145. The molecule has 5 heteroatoms. The number of ether oxygens (including phenoxy) is 2. The van der Waals surface area contributed by atoms with E-state index in [4.69, 9.17) is 9.47 Å². The highest BCUT2D eigenvalue weighted by Crippen LogP contribution is 2.34. The van der Waals surface area contributed by atoms with Crippen LogP contribution in [-0.2, 0) is 11.2 Å². The maximum atomic E-state index is 11.2. The van der Waals surface area contributed by atoms with Gasteiger partial charge in [0.2, 0.25) is 0 Å². The topological polar surface area (TPSA) is 68.7 Å². The van der Waals surface area contributed by atoms with E-state index >= 15 is 0 Å². The van der Waals surface area contributed by atoms with E-state index < -0.39 is 11.4 Å². The second-order valence-electron chi connectivity index (χ2n) is 4.10. The van der Waals surface area contributed by atoms with Gasteiger partial charge in [0.05, 0.1) is 25.3 Å². The number of carboxylic acid groups (broad SMARTS) is 1. The third-order valence-corrected chi connectivity index (χ3v) is 2.84. The molecular weight excluding hydrogens is 234 g/mol. The molecule has 1 heterocycles. The van der Waals surface area contributed by atoms with Crippen molar-refractivity contribution in [3.05, 3.63) is 30.6 Å². The van der Waals surface area contributed by atoms with Gasteiger partial charge in [0.1, 0.15) is 0 Å². The molecule has 0 saturated heterocycles. The second kappa shape index (κ2) is 5.53. The van der Waals surface area contributed by atoms with Gasteiger partial charge in [-0.05, 0) is 6.92 Å². The van der Waals surface area contributed by atoms with Crippen LogP contribution in [0.15, 0.2) is 24.9 Å². The van der Waals surface area contributed by atoms with Crippen molar-refractivity contribution in [3.63, 3.8) is 0 Å². The van der Waals surface area contributed by atoms with E-state index in [2.05, 4.69) is 11.6 Å². The molecule has 98 valence electrons. The predicted octanol–water partition coefficient (Wildman–Crippen LogP) is 1.92. The SMILES string of the molecule is C=CC(C)(Cc1nccc(OC)c1OC)C(=O)O. The van der Waals surface area contributed by atoms with Gasteiger partial charge in [-0.1, -0.05) is 6.08 Å². The Morgan fingerprint density at radius 3 is 2.67 bits per heavy atom. The number of methoxy groups -OCH3 is 2. The monoisotopic (exact) mass is 251 g/mol. The molecule has 0 aliphatic rings. The van der Waals surface area contributed by atoms with Gasteiger partial charge < -0.3 is 14.6 Å². The average Bonchev–Trinajstić information content (AvgIpc) is 2.37. The van der Waals surface area contributed by atoms with Crippen LogP contribution in [-0.4, -0.2) is 30.3 Å². The summed E-state index contributed by atoms with van der Waals surface area (Å²) in [6.07, 6.45) is 3.14. The molecule has 1 atom stereocenters. The maximum Gasteiger partial charge on any atom is 0.313 e. The molecule has 0 spiro atoms. The fourth-order valence-corrected chi connectivity index (χ4v) is 1.56. The van der Waals surface area contributed by atoms with Crippen molar-refractivity contribution in [1.82, 2.24) is 4.98 Å². The molecule has 0 aliphatic heterocycles. The van der Waals surface area contributed by atoms with Crippen LogP contribution in [0.5, 0.6) is 11.5 Å². The Morgan fingerprint density at radius 2 is 2.22 bits per heavy atom. The van der Waals surface area contributed by atoms with E-state index in [0.29, 0.717) is 17.2 Å². The first kappa shape index (κ1) is 14.0. The molecule has 1 rings (SSSR count).